The SMILES string of the molecule is CCOC(=O)Cn1c(Cl)cnc(N[C@H](CN)Cc2ccccc2)c1=O.CCOC(=O)Cn1ccnc(Br)c1=O.CN(C)C[C@H](Cc1ccccc1)Nc1ncc(Cl)n(CC(=O)O)c1=O.Cl.[N-]=[N+]=NC[C@@H](N)Cc1ccccc1. The van der Waals surface area contributed by atoms with Gasteiger partial charge in [-0.1, -0.05) is 119 Å². The van der Waals surface area contributed by atoms with Crippen LogP contribution in [0.15, 0.2) is 140 Å². The summed E-state index contributed by atoms with van der Waals surface area (Å²) in [4.78, 5) is 86.5. The fourth-order valence-corrected chi connectivity index (χ4v) is 7.61. The number of hydrogen-bond donors (Lipinski definition) is 5. The molecule has 0 radical (unpaired) electrons. The van der Waals surface area contributed by atoms with Gasteiger partial charge in [-0.2, -0.15) is 0 Å². The molecule has 3 aromatic heterocycles. The van der Waals surface area contributed by atoms with Crippen LogP contribution in [0.2, 0.25) is 10.3 Å². The summed E-state index contributed by atoms with van der Waals surface area (Å²) in [7, 11) is 3.88. The largest absolute Gasteiger partial charge is 0.480 e. The number of nitrogens with two attached hydrogens (primary N) is 2. The molecule has 0 saturated heterocycles. The zero-order valence-electron chi connectivity index (χ0n) is 43.4. The van der Waals surface area contributed by atoms with Gasteiger partial charge in [0.15, 0.2) is 16.2 Å². The highest BCUT2D eigenvalue weighted by Crippen LogP contribution is 2.13. The molecular weight excluding hydrogens is 1140 g/mol. The summed E-state index contributed by atoms with van der Waals surface area (Å²) in [6, 6.07) is 29.3. The number of azide groups is 1. The van der Waals surface area contributed by atoms with E-state index in [2.05, 4.69) is 51.5 Å². The molecule has 0 bridgehead atoms. The lowest BCUT2D eigenvalue weighted by molar-refractivity contribution is -0.144. The Bertz CT molecular complexity index is 3010. The second-order valence-electron chi connectivity index (χ2n) is 16.7. The third-order valence-corrected chi connectivity index (χ3v) is 11.4. The van der Waals surface area contributed by atoms with Gasteiger partial charge in [-0.25, -0.2) is 15.0 Å². The van der Waals surface area contributed by atoms with Gasteiger partial charge in [0.05, 0.1) is 25.6 Å². The number of anilines is 2. The van der Waals surface area contributed by atoms with E-state index in [0.717, 1.165) is 26.7 Å². The minimum atomic E-state index is -1.14. The number of halogens is 4. The number of hydrogen-bond acceptors (Lipinski definition) is 17. The summed E-state index contributed by atoms with van der Waals surface area (Å²) in [5, 5.41) is 18.6. The van der Waals surface area contributed by atoms with E-state index in [0.29, 0.717) is 39.1 Å². The summed E-state index contributed by atoms with van der Waals surface area (Å²) in [6.45, 7) is 4.42. The highest BCUT2D eigenvalue weighted by Gasteiger charge is 2.19. The number of likely N-dealkylation sites (N-methyl/N-ethyl adjacent to an activating group) is 1. The maximum atomic E-state index is 12.5. The number of aliphatic carboxylic acids is 1. The van der Waals surface area contributed by atoms with Gasteiger partial charge < -0.3 is 46.1 Å². The molecule has 0 fully saturated rings. The number of esters is 2. The van der Waals surface area contributed by atoms with Crippen molar-refractivity contribution in [1.82, 2.24) is 33.6 Å². The monoisotopic (exact) mass is 1200 g/mol. The number of rotatable bonds is 23. The Morgan fingerprint density at radius 3 is 1.64 bits per heavy atom. The second-order valence-corrected chi connectivity index (χ2v) is 18.2. The Hall–Kier alpha value is -7.15. The average Bonchev–Trinajstić information content (AvgIpc) is 3.41. The number of benzene rings is 3. The molecule has 3 heterocycles. The van der Waals surface area contributed by atoms with Crippen LogP contribution < -0.4 is 38.8 Å². The zero-order chi connectivity index (χ0) is 56.7. The molecule has 7 N–H and O–H groups in total. The fraction of sp³-hybridized carbons (Fsp3) is 0.353. The van der Waals surface area contributed by atoms with Crippen molar-refractivity contribution in [3.05, 3.63) is 189 Å². The Kier molecular flexibility index (Phi) is 31.6. The molecule has 0 spiro atoms. The molecule has 0 unspecified atom stereocenters. The van der Waals surface area contributed by atoms with E-state index < -0.39 is 35.6 Å². The molecule has 6 rings (SSSR count). The van der Waals surface area contributed by atoms with E-state index >= 15 is 0 Å². The normalized spacial score (nSPS) is 11.4. The van der Waals surface area contributed by atoms with Crippen molar-refractivity contribution in [1.29, 1.82) is 0 Å². The minimum absolute atomic E-state index is 0. The van der Waals surface area contributed by atoms with Crippen LogP contribution in [0, 0.1) is 0 Å². The third kappa shape index (κ3) is 24.9. The number of nitrogens with zero attached hydrogens (tertiary/aromatic N) is 10. The van der Waals surface area contributed by atoms with Crippen LogP contribution >= 0.6 is 51.5 Å². The van der Waals surface area contributed by atoms with Crippen LogP contribution in [0.25, 0.3) is 10.4 Å². The zero-order valence-corrected chi connectivity index (χ0v) is 47.3. The number of carbonyl (C=O) groups is 3. The van der Waals surface area contributed by atoms with Gasteiger partial charge in [0.1, 0.15) is 29.9 Å². The van der Waals surface area contributed by atoms with Crippen LogP contribution in [0.1, 0.15) is 30.5 Å². The standard InChI is InChI=1S/2C17H21ClN4O3.C9H12N4.C8H9BrN2O3.ClH/c1-21(2)10-13(8-12-6-4-3-5-7-12)20-16-17(25)22(11-15(23)24)14(18)9-19-16;1-2-25-15(23)11-22-14(18)10-20-16(17(22)24)21-13(9-19)8-12-6-4-3-5-7-12;10-9(7-12-13-11)6-8-4-2-1-3-5-8;1-2-14-6(12)5-11-4-3-10-7(9)8(11)13;/h3-7,9,13H,8,10-11H2,1-2H3,(H,19,20)(H,23,24);3-7,10,13H,2,8-9,11,19H2,1H3,(H,20,21);1-5,9H,6-7,10H2;3-4H,2,5H2,1H3;1H/t2*13-;9-;;/m000../s1. The molecule has 23 nitrogen and oxygen atoms in total. The van der Waals surface area contributed by atoms with Crippen molar-refractivity contribution >= 4 is 81.1 Å². The van der Waals surface area contributed by atoms with Gasteiger partial charge in [0, 0.05) is 55.1 Å². The van der Waals surface area contributed by atoms with Crippen LogP contribution in [-0.2, 0) is 62.8 Å². The Morgan fingerprint density at radius 1 is 0.744 bits per heavy atom. The van der Waals surface area contributed by atoms with Crippen LogP contribution in [0.5, 0.6) is 0 Å². The van der Waals surface area contributed by atoms with Crippen LogP contribution in [0.3, 0.4) is 0 Å². The van der Waals surface area contributed by atoms with Crippen molar-refractivity contribution in [3.8, 4) is 0 Å². The predicted molar refractivity (Wildman–Crippen MR) is 306 cm³/mol. The Labute approximate surface area is 475 Å². The van der Waals surface area contributed by atoms with Gasteiger partial charge in [-0.15, -0.1) is 12.4 Å². The lowest BCUT2D eigenvalue weighted by Crippen LogP contribution is -2.37. The van der Waals surface area contributed by atoms with Crippen molar-refractivity contribution in [3.63, 3.8) is 0 Å². The lowest BCUT2D eigenvalue weighted by atomic mass is 10.1. The van der Waals surface area contributed by atoms with E-state index in [1.807, 2.05) is 110 Å². The quantitative estimate of drug-likeness (QED) is 0.0217. The molecule has 3 aromatic carbocycles. The number of nitrogens with one attached hydrogen (secondary N) is 2. The van der Waals surface area contributed by atoms with Gasteiger partial charge in [-0.3, -0.25) is 37.9 Å². The van der Waals surface area contributed by atoms with E-state index in [-0.39, 0.29) is 82.3 Å². The number of carboxylic acids is 1. The average molecular weight is 1200 g/mol. The molecule has 420 valence electrons. The van der Waals surface area contributed by atoms with Crippen LogP contribution in [-0.4, -0.2) is 122 Å². The number of aromatic nitrogens is 6. The Balaban J connectivity index is 0.000000369. The molecule has 0 saturated carbocycles. The van der Waals surface area contributed by atoms with Crippen molar-refractivity contribution in [2.45, 2.75) is 70.9 Å². The van der Waals surface area contributed by atoms with E-state index in [9.17, 15) is 28.8 Å². The minimum Gasteiger partial charge on any atom is -0.480 e. The number of ether oxygens (including phenoxy) is 2. The Morgan fingerprint density at radius 2 is 1.19 bits per heavy atom. The molecular formula is C51H64BrCl3N14O9. The lowest BCUT2D eigenvalue weighted by Gasteiger charge is -2.23. The third-order valence-electron chi connectivity index (χ3n) is 10.3. The van der Waals surface area contributed by atoms with Gasteiger partial charge in [-0.05, 0) is 85.4 Å². The highest BCUT2D eigenvalue weighted by molar-refractivity contribution is 9.10. The molecule has 78 heavy (non-hydrogen) atoms. The molecule has 0 amide bonds. The molecule has 0 aliphatic heterocycles. The summed E-state index contributed by atoms with van der Waals surface area (Å²) in [6.07, 6.45) is 7.55. The fourth-order valence-electron chi connectivity index (χ4n) is 6.89. The number of carbonyl (C=O) groups excluding carboxylic acids is 2. The maximum Gasteiger partial charge on any atom is 0.326 e. The van der Waals surface area contributed by atoms with E-state index in [4.69, 9.17) is 54.8 Å². The van der Waals surface area contributed by atoms with Gasteiger partial charge >= 0.3 is 17.9 Å². The van der Waals surface area contributed by atoms with E-state index in [1.165, 1.54) is 34.9 Å². The summed E-state index contributed by atoms with van der Waals surface area (Å²) in [5.74, 6) is -1.93. The first-order valence-electron chi connectivity index (χ1n) is 23.9. The first-order valence-corrected chi connectivity index (χ1v) is 25.4. The van der Waals surface area contributed by atoms with Gasteiger partial charge in [0.2, 0.25) is 0 Å². The van der Waals surface area contributed by atoms with Crippen LogP contribution in [0.4, 0.5) is 11.6 Å². The molecule has 0 aliphatic rings. The molecule has 6 aromatic rings. The topological polar surface area (TPSA) is 323 Å². The molecule has 0 aliphatic carbocycles. The van der Waals surface area contributed by atoms with E-state index in [1.54, 1.807) is 13.8 Å². The van der Waals surface area contributed by atoms with Gasteiger partial charge in [0.25, 0.3) is 16.7 Å². The molecule has 3 atom stereocenters. The second kappa shape index (κ2) is 36.8. The first kappa shape index (κ1) is 67.0. The summed E-state index contributed by atoms with van der Waals surface area (Å²) in [5.41, 5.74) is 21.6. The smallest absolute Gasteiger partial charge is 0.326 e. The molecule has 27 heteroatoms. The predicted octanol–water partition coefficient (Wildman–Crippen LogP) is 5.87. The van der Waals surface area contributed by atoms with Crippen molar-refractivity contribution in [2.24, 2.45) is 16.6 Å². The van der Waals surface area contributed by atoms with Crippen molar-refractivity contribution in [2.75, 3.05) is 57.6 Å². The summed E-state index contributed by atoms with van der Waals surface area (Å²) >= 11 is 14.9. The number of carboxylic acid groups (broad SMARTS) is 1. The summed E-state index contributed by atoms with van der Waals surface area (Å²) < 4.78 is 13.1. The maximum absolute atomic E-state index is 12.5. The first-order chi connectivity index (χ1) is 36.9. The van der Waals surface area contributed by atoms with Crippen molar-refractivity contribution < 1.29 is 29.0 Å². The highest BCUT2D eigenvalue weighted by atomic mass is 79.9.